The normalized spacial score (nSPS) is 21.4. The molecule has 1 aliphatic rings. The number of nitrogens with two attached hydrogens (primary N) is 1. The molecule has 0 unspecified atom stereocenters. The molecule has 7 heteroatoms. The van der Waals surface area contributed by atoms with Crippen LogP contribution in [0.4, 0.5) is 0 Å². The molecule has 0 radical (unpaired) electrons. The van der Waals surface area contributed by atoms with Crippen molar-refractivity contribution in [2.75, 3.05) is 13.2 Å². The van der Waals surface area contributed by atoms with Crippen molar-refractivity contribution in [1.82, 2.24) is 5.32 Å². The minimum atomic E-state index is -1.19. The van der Waals surface area contributed by atoms with E-state index in [-0.39, 0.29) is 11.8 Å². The van der Waals surface area contributed by atoms with E-state index in [2.05, 4.69) is 5.32 Å². The van der Waals surface area contributed by atoms with E-state index in [4.69, 9.17) is 15.6 Å². The molecule has 0 aromatic heterocycles. The van der Waals surface area contributed by atoms with Gasteiger partial charge in [0.25, 0.3) is 0 Å². The first-order chi connectivity index (χ1) is 7.50. The van der Waals surface area contributed by atoms with E-state index >= 15 is 0 Å². The Hall–Kier alpha value is -1.63. The van der Waals surface area contributed by atoms with Crippen molar-refractivity contribution in [3.8, 4) is 0 Å². The maximum atomic E-state index is 11.5. The summed E-state index contributed by atoms with van der Waals surface area (Å²) in [6, 6.07) is -1.16. The van der Waals surface area contributed by atoms with Gasteiger partial charge in [-0.15, -0.1) is 0 Å². The summed E-state index contributed by atoms with van der Waals surface area (Å²) < 4.78 is 5.01. The first kappa shape index (κ1) is 12.4. The van der Waals surface area contributed by atoms with Crippen molar-refractivity contribution < 1.29 is 24.2 Å². The quantitative estimate of drug-likeness (QED) is 0.529. The molecule has 0 bridgehead atoms. The van der Waals surface area contributed by atoms with Gasteiger partial charge < -0.3 is 20.9 Å². The van der Waals surface area contributed by atoms with Crippen molar-refractivity contribution in [3.05, 3.63) is 0 Å². The smallest absolute Gasteiger partial charge is 0.305 e. The van der Waals surface area contributed by atoms with Crippen molar-refractivity contribution in [3.63, 3.8) is 0 Å². The number of hydrogen-bond acceptors (Lipinski definition) is 4. The van der Waals surface area contributed by atoms with E-state index in [1.807, 2.05) is 0 Å². The Bertz CT molecular complexity index is 298. The van der Waals surface area contributed by atoms with Gasteiger partial charge in [-0.25, -0.2) is 0 Å². The average molecular weight is 230 g/mol. The van der Waals surface area contributed by atoms with Crippen LogP contribution in [0.25, 0.3) is 0 Å². The molecule has 0 aromatic rings. The summed E-state index contributed by atoms with van der Waals surface area (Å²) in [4.78, 5) is 32.9. The lowest BCUT2D eigenvalue weighted by molar-refractivity contribution is -0.140. The summed E-state index contributed by atoms with van der Waals surface area (Å²) in [7, 11) is 0. The van der Waals surface area contributed by atoms with E-state index in [1.165, 1.54) is 0 Å². The van der Waals surface area contributed by atoms with Gasteiger partial charge in [0.2, 0.25) is 11.8 Å². The monoisotopic (exact) mass is 230 g/mol. The molecule has 0 aromatic carbocycles. The highest BCUT2D eigenvalue weighted by molar-refractivity contribution is 5.90. The third-order valence-electron chi connectivity index (χ3n) is 2.34. The van der Waals surface area contributed by atoms with Crippen molar-refractivity contribution >= 4 is 17.8 Å². The highest BCUT2D eigenvalue weighted by Crippen LogP contribution is 2.12. The molecule has 0 saturated carbocycles. The largest absolute Gasteiger partial charge is 0.481 e. The second kappa shape index (κ2) is 5.45. The van der Waals surface area contributed by atoms with Crippen LogP contribution in [-0.2, 0) is 19.1 Å². The van der Waals surface area contributed by atoms with E-state index in [9.17, 15) is 14.4 Å². The number of aliphatic carboxylic acids is 1. The molecule has 1 rings (SSSR count). The molecule has 4 N–H and O–H groups in total. The number of carboxylic acid groups (broad SMARTS) is 1. The predicted octanol–water partition coefficient (Wildman–Crippen LogP) is -1.53. The zero-order chi connectivity index (χ0) is 12.1. The van der Waals surface area contributed by atoms with Gasteiger partial charge in [0.15, 0.2) is 0 Å². The van der Waals surface area contributed by atoms with E-state index < -0.39 is 24.3 Å². The summed E-state index contributed by atoms with van der Waals surface area (Å²) in [6.07, 6.45) is 0.0685. The lowest BCUT2D eigenvalue weighted by Crippen LogP contribution is -2.47. The predicted molar refractivity (Wildman–Crippen MR) is 52.3 cm³/mol. The maximum absolute atomic E-state index is 11.5. The highest BCUT2D eigenvalue weighted by atomic mass is 16.5. The van der Waals surface area contributed by atoms with E-state index in [0.717, 1.165) is 0 Å². The fraction of sp³-hybridized carbons (Fsp3) is 0.667. The fourth-order valence-electron chi connectivity index (χ4n) is 1.43. The number of carboxylic acids is 1. The number of ether oxygens (including phenoxy) is 1. The Morgan fingerprint density at radius 1 is 1.50 bits per heavy atom. The molecule has 0 spiro atoms. The lowest BCUT2D eigenvalue weighted by Gasteiger charge is -2.15. The molecule has 1 heterocycles. The molecule has 2 atom stereocenters. The molecular formula is C9H14N2O5. The number of amides is 2. The van der Waals surface area contributed by atoms with Gasteiger partial charge in [-0.3, -0.25) is 14.4 Å². The van der Waals surface area contributed by atoms with Gasteiger partial charge in [-0.1, -0.05) is 0 Å². The molecule has 16 heavy (non-hydrogen) atoms. The van der Waals surface area contributed by atoms with E-state index in [0.29, 0.717) is 19.6 Å². The number of rotatable bonds is 5. The fourth-order valence-corrected chi connectivity index (χ4v) is 1.43. The Kier molecular flexibility index (Phi) is 4.24. The second-order valence-corrected chi connectivity index (χ2v) is 3.62. The molecule has 1 fully saturated rings. The molecule has 90 valence electrons. The summed E-state index contributed by atoms with van der Waals surface area (Å²) >= 11 is 0. The molecule has 7 nitrogen and oxygen atoms in total. The number of hydrogen-bond donors (Lipinski definition) is 3. The van der Waals surface area contributed by atoms with Crippen LogP contribution in [0.5, 0.6) is 0 Å². The average Bonchev–Trinajstić information content (AvgIpc) is 2.68. The van der Waals surface area contributed by atoms with Crippen LogP contribution >= 0.6 is 0 Å². The number of nitrogens with one attached hydrogen (secondary N) is 1. The maximum Gasteiger partial charge on any atom is 0.305 e. The Morgan fingerprint density at radius 3 is 2.62 bits per heavy atom. The summed E-state index contributed by atoms with van der Waals surface area (Å²) in [5, 5.41) is 10.8. The number of carbonyl (C=O) groups excluding carboxylic acids is 2. The molecule has 1 saturated heterocycles. The Labute approximate surface area is 91.9 Å². The molecule has 1 aliphatic heterocycles. The van der Waals surface area contributed by atoms with Gasteiger partial charge in [0, 0.05) is 6.61 Å². The van der Waals surface area contributed by atoms with Crippen LogP contribution in [0.3, 0.4) is 0 Å². The zero-order valence-electron chi connectivity index (χ0n) is 8.64. The van der Waals surface area contributed by atoms with Gasteiger partial charge in [0.1, 0.15) is 6.04 Å². The van der Waals surface area contributed by atoms with Crippen LogP contribution in [0.1, 0.15) is 12.8 Å². The molecule has 2 amide bonds. The van der Waals surface area contributed by atoms with Crippen LogP contribution in [-0.4, -0.2) is 42.1 Å². The number of carbonyl (C=O) groups is 3. The standard InChI is InChI=1S/C9H14N2O5/c10-8(14)6(3-7(12)13)11-9(15)5-1-2-16-4-5/h5-6H,1-4H2,(H2,10,14)(H,11,15)(H,12,13)/t5-,6-/m0/s1. The minimum Gasteiger partial charge on any atom is -0.481 e. The van der Waals surface area contributed by atoms with Gasteiger partial charge in [-0.2, -0.15) is 0 Å². The van der Waals surface area contributed by atoms with Crippen LogP contribution in [0.15, 0.2) is 0 Å². The third-order valence-corrected chi connectivity index (χ3v) is 2.34. The third kappa shape index (κ3) is 3.50. The van der Waals surface area contributed by atoms with Gasteiger partial charge in [0.05, 0.1) is 18.9 Å². The van der Waals surface area contributed by atoms with Crippen LogP contribution in [0, 0.1) is 5.92 Å². The first-order valence-corrected chi connectivity index (χ1v) is 4.90. The summed E-state index contributed by atoms with van der Waals surface area (Å²) in [5.74, 6) is -2.75. The summed E-state index contributed by atoms with van der Waals surface area (Å²) in [6.45, 7) is 0.794. The van der Waals surface area contributed by atoms with Crippen LogP contribution in [0.2, 0.25) is 0 Å². The van der Waals surface area contributed by atoms with Gasteiger partial charge >= 0.3 is 5.97 Å². The zero-order valence-corrected chi connectivity index (χ0v) is 8.64. The Balaban J connectivity index is 2.50. The topological polar surface area (TPSA) is 119 Å². The van der Waals surface area contributed by atoms with E-state index in [1.54, 1.807) is 0 Å². The minimum absolute atomic E-state index is 0.296. The first-order valence-electron chi connectivity index (χ1n) is 4.90. The van der Waals surface area contributed by atoms with Crippen LogP contribution < -0.4 is 11.1 Å². The second-order valence-electron chi connectivity index (χ2n) is 3.62. The van der Waals surface area contributed by atoms with Crippen molar-refractivity contribution in [2.45, 2.75) is 18.9 Å². The number of primary amides is 1. The highest BCUT2D eigenvalue weighted by Gasteiger charge is 2.28. The molecule has 0 aliphatic carbocycles. The SMILES string of the molecule is NC(=O)[C@H](CC(=O)O)NC(=O)[C@H]1CCOC1. The van der Waals surface area contributed by atoms with Gasteiger partial charge in [-0.05, 0) is 6.42 Å². The Morgan fingerprint density at radius 2 is 2.19 bits per heavy atom. The lowest BCUT2D eigenvalue weighted by atomic mass is 10.1. The van der Waals surface area contributed by atoms with Crippen molar-refractivity contribution in [2.24, 2.45) is 11.7 Å². The van der Waals surface area contributed by atoms with Crippen molar-refractivity contribution in [1.29, 1.82) is 0 Å². The summed E-state index contributed by atoms with van der Waals surface area (Å²) in [5.41, 5.74) is 4.98. The molecular weight excluding hydrogens is 216 g/mol.